The van der Waals surface area contributed by atoms with Crippen LogP contribution in [0, 0.1) is 23.7 Å². The van der Waals surface area contributed by atoms with Crippen molar-refractivity contribution in [3.8, 4) is 6.07 Å². The van der Waals surface area contributed by atoms with Crippen molar-refractivity contribution in [1.29, 1.82) is 10.7 Å². The van der Waals surface area contributed by atoms with Crippen LogP contribution in [0.3, 0.4) is 0 Å². The van der Waals surface area contributed by atoms with Crippen molar-refractivity contribution in [2.24, 2.45) is 4.99 Å². The Morgan fingerprint density at radius 3 is 2.21 bits per heavy atom. The summed E-state index contributed by atoms with van der Waals surface area (Å²) in [4.78, 5) is 7.74. The molecule has 3 aromatic carbocycles. The van der Waals surface area contributed by atoms with Crippen LogP contribution in [0.4, 0.5) is 5.69 Å². The number of nitrogens with one attached hydrogen (secondary N) is 1. The SMILES string of the molecule is CCC12C[C@]1(CC)N=C(N(C(=N)c1ccccc1C)c1c(C(C)C)cccc1C(C)C)c1cc(C#N)ccc12. The second-order valence-corrected chi connectivity index (χ2v) is 11.9. The van der Waals surface area contributed by atoms with Gasteiger partial charge in [-0.3, -0.25) is 15.3 Å². The fourth-order valence-electron chi connectivity index (χ4n) is 6.84. The molecule has 1 N–H and O–H groups in total. The summed E-state index contributed by atoms with van der Waals surface area (Å²) >= 11 is 0. The van der Waals surface area contributed by atoms with Crippen LogP contribution in [0.1, 0.15) is 112 Å². The van der Waals surface area contributed by atoms with E-state index in [9.17, 15) is 10.7 Å². The molecule has 1 aliphatic carbocycles. The number of fused-ring (bicyclic) bond motifs is 3. The highest BCUT2D eigenvalue weighted by molar-refractivity contribution is 6.30. The molecule has 1 saturated carbocycles. The van der Waals surface area contributed by atoms with Gasteiger partial charge in [0.05, 0.1) is 22.9 Å². The normalized spacial score (nSPS) is 21.2. The molecule has 5 rings (SSSR count). The average Bonchev–Trinajstić information content (AvgIpc) is 3.62. The minimum absolute atomic E-state index is 0.0104. The summed E-state index contributed by atoms with van der Waals surface area (Å²) in [6, 6.07) is 23.2. The average molecular weight is 517 g/mol. The fourth-order valence-corrected chi connectivity index (χ4v) is 6.84. The molecule has 4 nitrogen and oxygen atoms in total. The topological polar surface area (TPSA) is 63.2 Å². The van der Waals surface area contributed by atoms with E-state index in [0.29, 0.717) is 11.4 Å². The molecule has 200 valence electrons. The monoisotopic (exact) mass is 516 g/mol. The van der Waals surface area contributed by atoms with E-state index < -0.39 is 0 Å². The molecule has 1 fully saturated rings. The van der Waals surface area contributed by atoms with E-state index in [0.717, 1.165) is 47.5 Å². The van der Waals surface area contributed by atoms with Crippen molar-refractivity contribution in [2.45, 2.75) is 90.5 Å². The van der Waals surface area contributed by atoms with E-state index in [4.69, 9.17) is 4.99 Å². The number of nitrogens with zero attached hydrogens (tertiary/aromatic N) is 3. The van der Waals surface area contributed by atoms with E-state index >= 15 is 0 Å². The van der Waals surface area contributed by atoms with E-state index in [1.54, 1.807) is 0 Å². The zero-order valence-electron chi connectivity index (χ0n) is 24.4. The molecule has 2 aliphatic rings. The first-order valence-electron chi connectivity index (χ1n) is 14.4. The zero-order valence-corrected chi connectivity index (χ0v) is 24.4. The largest absolute Gasteiger partial charge is 0.283 e. The number of amidine groups is 2. The lowest BCUT2D eigenvalue weighted by Crippen LogP contribution is -2.44. The summed E-state index contributed by atoms with van der Waals surface area (Å²) < 4.78 is 0. The molecular formula is C35H40N4. The van der Waals surface area contributed by atoms with Crippen LogP contribution in [0.5, 0.6) is 0 Å². The van der Waals surface area contributed by atoms with E-state index in [2.05, 4.69) is 89.8 Å². The molecule has 4 heteroatoms. The van der Waals surface area contributed by atoms with E-state index in [1.807, 2.05) is 30.3 Å². The van der Waals surface area contributed by atoms with Crippen LogP contribution in [0.2, 0.25) is 0 Å². The highest BCUT2D eigenvalue weighted by Gasteiger charge is 2.69. The first-order chi connectivity index (χ1) is 18.6. The van der Waals surface area contributed by atoms with Gasteiger partial charge in [-0.25, -0.2) is 0 Å². The number of anilines is 1. The van der Waals surface area contributed by atoms with Gasteiger partial charge in [0.25, 0.3) is 0 Å². The maximum atomic E-state index is 9.89. The van der Waals surface area contributed by atoms with Crippen molar-refractivity contribution in [3.05, 3.63) is 99.6 Å². The molecule has 0 spiro atoms. The van der Waals surface area contributed by atoms with Crippen LogP contribution in [0.15, 0.2) is 65.7 Å². The van der Waals surface area contributed by atoms with Crippen molar-refractivity contribution in [1.82, 2.24) is 0 Å². The molecule has 2 atom stereocenters. The lowest BCUT2D eigenvalue weighted by Gasteiger charge is -2.38. The Kier molecular flexibility index (Phi) is 6.75. The third-order valence-corrected chi connectivity index (χ3v) is 9.18. The highest BCUT2D eigenvalue weighted by Crippen LogP contribution is 2.67. The Morgan fingerprint density at radius 2 is 1.64 bits per heavy atom. The molecule has 39 heavy (non-hydrogen) atoms. The second kappa shape index (κ2) is 9.79. The predicted octanol–water partition coefficient (Wildman–Crippen LogP) is 8.61. The van der Waals surface area contributed by atoms with Crippen molar-refractivity contribution in [2.75, 3.05) is 4.90 Å². The number of hydrogen-bond acceptors (Lipinski definition) is 3. The van der Waals surface area contributed by atoms with Gasteiger partial charge in [0.1, 0.15) is 11.7 Å². The van der Waals surface area contributed by atoms with Gasteiger partial charge in [-0.15, -0.1) is 0 Å². The Hall–Kier alpha value is -3.71. The van der Waals surface area contributed by atoms with Crippen LogP contribution in [-0.2, 0) is 5.41 Å². The van der Waals surface area contributed by atoms with Crippen molar-refractivity contribution in [3.63, 3.8) is 0 Å². The van der Waals surface area contributed by atoms with E-state index in [-0.39, 0.29) is 22.8 Å². The van der Waals surface area contributed by atoms with Gasteiger partial charge in [0.15, 0.2) is 0 Å². The first kappa shape index (κ1) is 26.9. The number of rotatable bonds is 6. The minimum atomic E-state index is -0.187. The Labute approximate surface area is 233 Å². The Bertz CT molecular complexity index is 1500. The Balaban J connectivity index is 1.89. The van der Waals surface area contributed by atoms with Crippen LogP contribution in [-0.4, -0.2) is 17.2 Å². The predicted molar refractivity (Wildman–Crippen MR) is 162 cm³/mol. The fraction of sp³-hybridized carbons (Fsp3) is 0.400. The summed E-state index contributed by atoms with van der Waals surface area (Å²) in [5.74, 6) is 1.74. The van der Waals surface area contributed by atoms with Gasteiger partial charge < -0.3 is 0 Å². The second-order valence-electron chi connectivity index (χ2n) is 11.9. The molecular weight excluding hydrogens is 476 g/mol. The molecule has 1 heterocycles. The smallest absolute Gasteiger partial charge is 0.142 e. The molecule has 0 saturated heterocycles. The summed E-state index contributed by atoms with van der Waals surface area (Å²) in [5, 5.41) is 19.7. The standard InChI is InChI=1S/C35H40N4/c1-8-34-21-35(34,9-2)38-33(29-19-25(20-36)17-18-30(29)34)39(32(37)28-14-11-10-13-24(28)7)31-26(22(3)4)15-12-16-27(31)23(5)6/h10-19,22-23,37H,8-9,21H2,1-7H3/t34?,35-/m0/s1. The number of para-hydroxylation sites is 1. The van der Waals surface area contributed by atoms with Crippen molar-refractivity contribution >= 4 is 17.4 Å². The van der Waals surface area contributed by atoms with E-state index in [1.165, 1.54) is 16.7 Å². The maximum Gasteiger partial charge on any atom is 0.142 e. The Morgan fingerprint density at radius 1 is 0.974 bits per heavy atom. The lowest BCUT2D eigenvalue weighted by atomic mass is 9.80. The summed E-state index contributed by atoms with van der Waals surface area (Å²) in [7, 11) is 0. The number of hydrogen-bond donors (Lipinski definition) is 1. The van der Waals surface area contributed by atoms with Gasteiger partial charge in [0, 0.05) is 16.5 Å². The molecule has 0 radical (unpaired) electrons. The molecule has 0 bridgehead atoms. The minimum Gasteiger partial charge on any atom is -0.283 e. The van der Waals surface area contributed by atoms with Gasteiger partial charge in [-0.05, 0) is 72.4 Å². The molecule has 0 aromatic heterocycles. The van der Waals surface area contributed by atoms with Gasteiger partial charge in [-0.1, -0.05) is 90.1 Å². The third-order valence-electron chi connectivity index (χ3n) is 9.18. The lowest BCUT2D eigenvalue weighted by molar-refractivity contribution is 0.498. The first-order valence-corrected chi connectivity index (χ1v) is 14.4. The highest BCUT2D eigenvalue weighted by atomic mass is 15.3. The van der Waals surface area contributed by atoms with Gasteiger partial charge >= 0.3 is 0 Å². The van der Waals surface area contributed by atoms with Crippen LogP contribution >= 0.6 is 0 Å². The third kappa shape index (κ3) is 4.02. The summed E-state index contributed by atoms with van der Waals surface area (Å²) in [6.07, 6.45) is 2.95. The zero-order chi connectivity index (χ0) is 28.1. The van der Waals surface area contributed by atoms with Crippen LogP contribution in [0.25, 0.3) is 0 Å². The van der Waals surface area contributed by atoms with Gasteiger partial charge in [0.2, 0.25) is 0 Å². The van der Waals surface area contributed by atoms with Gasteiger partial charge in [-0.2, -0.15) is 5.26 Å². The molecule has 3 aromatic rings. The number of aryl methyl sites for hydroxylation is 1. The number of nitriles is 1. The number of aliphatic imine (C=N–C) groups is 1. The summed E-state index contributed by atoms with van der Waals surface area (Å²) in [5.41, 5.74) is 8.09. The summed E-state index contributed by atoms with van der Waals surface area (Å²) in [6.45, 7) is 15.5. The van der Waals surface area contributed by atoms with Crippen molar-refractivity contribution < 1.29 is 0 Å². The molecule has 0 amide bonds. The van der Waals surface area contributed by atoms with Crippen LogP contribution < -0.4 is 4.90 Å². The molecule has 1 aliphatic heterocycles. The number of benzene rings is 3. The quantitative estimate of drug-likeness (QED) is 0.263. The maximum absolute atomic E-state index is 9.89. The molecule has 1 unspecified atom stereocenters.